The largest absolute Gasteiger partial charge is 0.323 e. The van der Waals surface area contributed by atoms with E-state index >= 15 is 0 Å². The van der Waals surface area contributed by atoms with Crippen molar-refractivity contribution in [2.45, 2.75) is 51.5 Å². The van der Waals surface area contributed by atoms with E-state index in [0.717, 1.165) is 17.7 Å². The molecule has 2 aromatic rings. The van der Waals surface area contributed by atoms with Crippen LogP contribution in [0.15, 0.2) is 6.07 Å². The first-order chi connectivity index (χ1) is 10.1. The summed E-state index contributed by atoms with van der Waals surface area (Å²) in [5.74, 6) is 0. The molecule has 0 saturated carbocycles. The molecule has 0 aliphatic heterocycles. The lowest BCUT2D eigenvalue weighted by molar-refractivity contribution is 0.709. The lowest BCUT2D eigenvalue weighted by atomic mass is 10.0. The van der Waals surface area contributed by atoms with E-state index in [2.05, 4.69) is 11.2 Å². The van der Waals surface area contributed by atoms with E-state index in [1.165, 1.54) is 42.5 Å². The van der Waals surface area contributed by atoms with Crippen LogP contribution in [-0.2, 0) is 26.3 Å². The third kappa shape index (κ3) is 3.03. The van der Waals surface area contributed by atoms with Crippen molar-refractivity contribution in [3.8, 4) is 0 Å². The molecule has 2 aromatic heterocycles. The fraction of sp³-hybridized carbons (Fsp3) is 0.562. The highest BCUT2D eigenvalue weighted by atomic mass is 35.5. The van der Waals surface area contributed by atoms with E-state index in [1.807, 2.05) is 25.3 Å². The molecule has 1 aliphatic carbocycles. The summed E-state index contributed by atoms with van der Waals surface area (Å²) in [7, 11) is 1.87. The van der Waals surface area contributed by atoms with Gasteiger partial charge in [0.15, 0.2) is 0 Å². The van der Waals surface area contributed by atoms with Gasteiger partial charge in [0, 0.05) is 28.4 Å². The standard InChI is InChI=1S/C16H22ClN3S/c1-10-12(16(17)20(2)19-10)9-13(18)15-8-11-6-4-3-5-7-14(11)21-15/h8,13H,3-7,9,18H2,1-2H3. The van der Waals surface area contributed by atoms with Gasteiger partial charge in [-0.2, -0.15) is 5.10 Å². The summed E-state index contributed by atoms with van der Waals surface area (Å²) in [4.78, 5) is 2.84. The number of hydrogen-bond acceptors (Lipinski definition) is 3. The Hall–Kier alpha value is -0.840. The summed E-state index contributed by atoms with van der Waals surface area (Å²) in [6, 6.07) is 2.35. The van der Waals surface area contributed by atoms with Crippen LogP contribution in [0.1, 0.15) is 51.9 Å². The zero-order valence-electron chi connectivity index (χ0n) is 12.7. The monoisotopic (exact) mass is 323 g/mol. The quantitative estimate of drug-likeness (QED) is 0.869. The van der Waals surface area contributed by atoms with Gasteiger partial charge in [-0.1, -0.05) is 18.0 Å². The van der Waals surface area contributed by atoms with Gasteiger partial charge < -0.3 is 5.73 Å². The minimum absolute atomic E-state index is 0.0160. The molecule has 0 radical (unpaired) electrons. The molecule has 21 heavy (non-hydrogen) atoms. The van der Waals surface area contributed by atoms with Crippen LogP contribution >= 0.6 is 22.9 Å². The van der Waals surface area contributed by atoms with Crippen molar-refractivity contribution in [3.05, 3.63) is 37.8 Å². The Labute approximate surface area is 135 Å². The molecule has 0 fully saturated rings. The van der Waals surface area contributed by atoms with Gasteiger partial charge in [0.25, 0.3) is 0 Å². The minimum Gasteiger partial charge on any atom is -0.323 e. The van der Waals surface area contributed by atoms with Crippen LogP contribution in [0.4, 0.5) is 0 Å². The highest BCUT2D eigenvalue weighted by Gasteiger charge is 2.19. The van der Waals surface area contributed by atoms with Crippen molar-refractivity contribution >= 4 is 22.9 Å². The number of thiophene rings is 1. The number of hydrogen-bond donors (Lipinski definition) is 1. The second kappa shape index (κ2) is 6.11. The SMILES string of the molecule is Cc1nn(C)c(Cl)c1CC(N)c1cc2c(s1)CCCCC2. The van der Waals surface area contributed by atoms with Crippen LogP contribution in [0.3, 0.4) is 0 Å². The highest BCUT2D eigenvalue weighted by Crippen LogP contribution is 2.33. The zero-order valence-corrected chi connectivity index (χ0v) is 14.2. The molecule has 5 heteroatoms. The van der Waals surface area contributed by atoms with Crippen molar-refractivity contribution in [1.29, 1.82) is 0 Å². The third-order valence-corrected chi connectivity index (χ3v) is 6.17. The van der Waals surface area contributed by atoms with E-state index in [9.17, 15) is 0 Å². The smallest absolute Gasteiger partial charge is 0.130 e. The van der Waals surface area contributed by atoms with Gasteiger partial charge in [-0.3, -0.25) is 4.68 Å². The van der Waals surface area contributed by atoms with Crippen molar-refractivity contribution in [3.63, 3.8) is 0 Å². The molecule has 1 atom stereocenters. The Bertz CT molecular complexity index is 621. The topological polar surface area (TPSA) is 43.8 Å². The molecular weight excluding hydrogens is 302 g/mol. The van der Waals surface area contributed by atoms with Gasteiger partial charge >= 0.3 is 0 Å². The zero-order chi connectivity index (χ0) is 15.0. The first-order valence-corrected chi connectivity index (χ1v) is 8.80. The molecule has 2 heterocycles. The van der Waals surface area contributed by atoms with Crippen LogP contribution in [-0.4, -0.2) is 9.78 Å². The highest BCUT2D eigenvalue weighted by molar-refractivity contribution is 7.12. The molecular formula is C16H22ClN3S. The number of halogens is 1. The Morgan fingerprint density at radius 3 is 2.86 bits per heavy atom. The second-order valence-electron chi connectivity index (χ2n) is 5.95. The predicted molar refractivity (Wildman–Crippen MR) is 89.2 cm³/mol. The number of fused-ring (bicyclic) bond motifs is 1. The van der Waals surface area contributed by atoms with Crippen molar-refractivity contribution in [2.75, 3.05) is 0 Å². The number of rotatable bonds is 3. The molecule has 3 rings (SSSR count). The second-order valence-corrected chi connectivity index (χ2v) is 7.47. The maximum absolute atomic E-state index is 6.44. The summed E-state index contributed by atoms with van der Waals surface area (Å²) in [5.41, 5.74) is 10.0. The maximum Gasteiger partial charge on any atom is 0.130 e. The lowest BCUT2D eigenvalue weighted by Crippen LogP contribution is -2.12. The molecule has 1 aliphatic rings. The number of nitrogens with zero attached hydrogens (tertiary/aromatic N) is 2. The number of aromatic nitrogens is 2. The van der Waals surface area contributed by atoms with E-state index < -0.39 is 0 Å². The van der Waals surface area contributed by atoms with Crippen LogP contribution in [0.25, 0.3) is 0 Å². The number of aryl methyl sites for hydroxylation is 4. The average molecular weight is 324 g/mol. The van der Waals surface area contributed by atoms with Gasteiger partial charge in [-0.05, 0) is 50.7 Å². The molecule has 0 aromatic carbocycles. The Balaban J connectivity index is 1.81. The molecule has 1 unspecified atom stereocenters. The van der Waals surface area contributed by atoms with Crippen LogP contribution in [0, 0.1) is 6.92 Å². The van der Waals surface area contributed by atoms with Gasteiger partial charge in [0.05, 0.1) is 5.69 Å². The van der Waals surface area contributed by atoms with Crippen LogP contribution < -0.4 is 5.73 Å². The van der Waals surface area contributed by atoms with Crippen LogP contribution in [0.2, 0.25) is 5.15 Å². The fourth-order valence-corrected chi connectivity index (χ4v) is 4.61. The van der Waals surface area contributed by atoms with Gasteiger partial charge in [-0.15, -0.1) is 11.3 Å². The van der Waals surface area contributed by atoms with E-state index in [1.54, 1.807) is 9.56 Å². The lowest BCUT2D eigenvalue weighted by Gasteiger charge is -2.09. The molecule has 3 nitrogen and oxygen atoms in total. The molecule has 0 saturated heterocycles. The Morgan fingerprint density at radius 1 is 1.38 bits per heavy atom. The van der Waals surface area contributed by atoms with Gasteiger partial charge in [0.2, 0.25) is 0 Å². The predicted octanol–water partition coefficient (Wildman–Crippen LogP) is 3.95. The maximum atomic E-state index is 6.44. The average Bonchev–Trinajstić information content (AvgIpc) is 2.86. The van der Waals surface area contributed by atoms with E-state index in [-0.39, 0.29) is 6.04 Å². The van der Waals surface area contributed by atoms with E-state index in [0.29, 0.717) is 5.15 Å². The molecule has 114 valence electrons. The Morgan fingerprint density at radius 2 is 2.14 bits per heavy atom. The van der Waals surface area contributed by atoms with Gasteiger partial charge in [0.1, 0.15) is 5.15 Å². The van der Waals surface area contributed by atoms with Gasteiger partial charge in [-0.25, -0.2) is 0 Å². The Kier molecular flexibility index (Phi) is 4.38. The van der Waals surface area contributed by atoms with E-state index in [4.69, 9.17) is 17.3 Å². The number of nitrogens with two attached hydrogens (primary N) is 1. The summed E-state index contributed by atoms with van der Waals surface area (Å²) in [5, 5.41) is 5.08. The fourth-order valence-electron chi connectivity index (χ4n) is 3.10. The minimum atomic E-state index is 0.0160. The van der Waals surface area contributed by atoms with Crippen molar-refractivity contribution in [2.24, 2.45) is 12.8 Å². The molecule has 0 amide bonds. The summed E-state index contributed by atoms with van der Waals surface area (Å²) < 4.78 is 1.72. The summed E-state index contributed by atoms with van der Waals surface area (Å²) in [6.45, 7) is 2.00. The summed E-state index contributed by atoms with van der Waals surface area (Å²) in [6.07, 6.45) is 7.18. The molecule has 2 N–H and O–H groups in total. The van der Waals surface area contributed by atoms with Crippen molar-refractivity contribution < 1.29 is 0 Å². The summed E-state index contributed by atoms with van der Waals surface area (Å²) >= 11 is 8.22. The third-order valence-electron chi connectivity index (χ3n) is 4.33. The first kappa shape index (κ1) is 15.1. The normalized spacial score (nSPS) is 16.6. The molecule has 0 bridgehead atoms. The first-order valence-electron chi connectivity index (χ1n) is 7.61. The van der Waals surface area contributed by atoms with Crippen LogP contribution in [0.5, 0.6) is 0 Å². The molecule has 0 spiro atoms. The van der Waals surface area contributed by atoms with Crippen molar-refractivity contribution in [1.82, 2.24) is 9.78 Å².